The predicted molar refractivity (Wildman–Crippen MR) is 94.0 cm³/mol. The molecule has 1 aromatic rings. The van der Waals surface area contributed by atoms with E-state index in [1.807, 2.05) is 6.92 Å². The Morgan fingerprint density at radius 3 is 2.83 bits per heavy atom. The van der Waals surface area contributed by atoms with Gasteiger partial charge in [-0.15, -0.1) is 0 Å². The first kappa shape index (κ1) is 19.5. The molecule has 0 saturated carbocycles. The van der Waals surface area contributed by atoms with Crippen molar-refractivity contribution in [3.63, 3.8) is 0 Å². The molecule has 0 bridgehead atoms. The Morgan fingerprint density at radius 1 is 1.42 bits per heavy atom. The quantitative estimate of drug-likeness (QED) is 0.737. The molecule has 1 aromatic carbocycles. The van der Waals surface area contributed by atoms with Gasteiger partial charge in [0.25, 0.3) is 0 Å². The number of nitrogens with two attached hydrogens (primary N) is 1. The van der Waals surface area contributed by atoms with Crippen LogP contribution in [0.2, 0.25) is 5.02 Å². The highest BCUT2D eigenvalue weighted by Crippen LogP contribution is 2.32. The fourth-order valence-corrected chi connectivity index (χ4v) is 4.73. The van der Waals surface area contributed by atoms with Crippen LogP contribution in [0.5, 0.6) is 5.75 Å². The van der Waals surface area contributed by atoms with E-state index in [4.69, 9.17) is 26.8 Å². The largest absolute Gasteiger partial charge is 0.490 e. The molecule has 136 valence electrons. The molecule has 2 atom stereocenters. The normalized spacial score (nSPS) is 20.8. The summed E-state index contributed by atoms with van der Waals surface area (Å²) in [6.07, 6.45) is 1.74. The first-order valence-corrected chi connectivity index (χ1v) is 9.85. The van der Waals surface area contributed by atoms with Gasteiger partial charge in [0.2, 0.25) is 10.0 Å². The van der Waals surface area contributed by atoms with Gasteiger partial charge < -0.3 is 15.2 Å². The number of hydrogen-bond acceptors (Lipinski definition) is 5. The number of ether oxygens (including phenoxy) is 2. The Labute approximate surface area is 148 Å². The number of rotatable bonds is 7. The van der Waals surface area contributed by atoms with Crippen molar-refractivity contribution < 1.29 is 17.9 Å². The zero-order chi connectivity index (χ0) is 17.7. The van der Waals surface area contributed by atoms with Crippen molar-refractivity contribution in [2.24, 2.45) is 11.7 Å². The lowest BCUT2D eigenvalue weighted by Crippen LogP contribution is -2.45. The summed E-state index contributed by atoms with van der Waals surface area (Å²) < 4.78 is 38.2. The highest BCUT2D eigenvalue weighted by atomic mass is 35.5. The maximum atomic E-state index is 13.1. The standard InChI is InChI=1S/C16H25ClN2O4S/c1-12(18)13-4-3-7-19(11-13)24(20,21)16-10-14(17)5-6-15(16)23-9-8-22-2/h5-6,10,12-13H,3-4,7-9,11,18H2,1-2H3/t12-,13+/m1/s1. The monoisotopic (exact) mass is 376 g/mol. The van der Waals surface area contributed by atoms with E-state index in [2.05, 4.69) is 0 Å². The summed E-state index contributed by atoms with van der Waals surface area (Å²) in [6, 6.07) is 4.59. The number of nitrogens with zero attached hydrogens (tertiary/aromatic N) is 1. The molecule has 0 aliphatic carbocycles. The molecular formula is C16H25ClN2O4S. The molecule has 2 rings (SSSR count). The van der Waals surface area contributed by atoms with Crippen LogP contribution in [0.25, 0.3) is 0 Å². The van der Waals surface area contributed by atoms with Crippen molar-refractivity contribution >= 4 is 21.6 Å². The van der Waals surface area contributed by atoms with Crippen LogP contribution in [0.4, 0.5) is 0 Å². The molecule has 1 fully saturated rings. The van der Waals surface area contributed by atoms with E-state index in [0.29, 0.717) is 30.5 Å². The molecule has 0 radical (unpaired) electrons. The summed E-state index contributed by atoms with van der Waals surface area (Å²) in [6.45, 7) is 3.46. The van der Waals surface area contributed by atoms with Crippen LogP contribution in [-0.2, 0) is 14.8 Å². The Balaban J connectivity index is 2.29. The minimum Gasteiger partial charge on any atom is -0.490 e. The molecule has 1 aliphatic rings. The summed E-state index contributed by atoms with van der Waals surface area (Å²) in [5.41, 5.74) is 5.97. The Morgan fingerprint density at radius 2 is 2.17 bits per heavy atom. The first-order valence-electron chi connectivity index (χ1n) is 8.03. The average molecular weight is 377 g/mol. The van der Waals surface area contributed by atoms with Gasteiger partial charge in [0.05, 0.1) is 6.61 Å². The number of halogens is 1. The van der Waals surface area contributed by atoms with E-state index in [0.717, 1.165) is 12.8 Å². The molecular weight excluding hydrogens is 352 g/mol. The zero-order valence-electron chi connectivity index (χ0n) is 14.1. The highest BCUT2D eigenvalue weighted by molar-refractivity contribution is 7.89. The molecule has 8 heteroatoms. The molecule has 0 aromatic heterocycles. The van der Waals surface area contributed by atoms with Crippen LogP contribution in [0, 0.1) is 5.92 Å². The van der Waals surface area contributed by atoms with E-state index in [1.165, 1.54) is 10.4 Å². The smallest absolute Gasteiger partial charge is 0.246 e. The van der Waals surface area contributed by atoms with Gasteiger partial charge in [-0.05, 0) is 43.9 Å². The second kappa shape index (κ2) is 8.49. The molecule has 1 heterocycles. The summed E-state index contributed by atoms with van der Waals surface area (Å²) >= 11 is 6.02. The second-order valence-corrected chi connectivity index (χ2v) is 8.40. The lowest BCUT2D eigenvalue weighted by atomic mass is 9.93. The third-order valence-electron chi connectivity index (χ3n) is 4.23. The Hall–Kier alpha value is -0.860. The van der Waals surface area contributed by atoms with Gasteiger partial charge in [0.15, 0.2) is 0 Å². The van der Waals surface area contributed by atoms with Gasteiger partial charge in [-0.1, -0.05) is 11.6 Å². The van der Waals surface area contributed by atoms with Gasteiger partial charge in [0, 0.05) is 31.3 Å². The summed E-state index contributed by atoms with van der Waals surface area (Å²) in [7, 11) is -2.13. The minimum absolute atomic E-state index is 0.0419. The number of benzene rings is 1. The third kappa shape index (κ3) is 4.61. The van der Waals surface area contributed by atoms with Crippen molar-refractivity contribution in [2.75, 3.05) is 33.4 Å². The molecule has 0 amide bonds. The molecule has 6 nitrogen and oxygen atoms in total. The molecule has 0 spiro atoms. The summed E-state index contributed by atoms with van der Waals surface area (Å²) in [5.74, 6) is 0.449. The van der Waals surface area contributed by atoms with Crippen molar-refractivity contribution in [3.05, 3.63) is 23.2 Å². The van der Waals surface area contributed by atoms with Crippen molar-refractivity contribution in [2.45, 2.75) is 30.7 Å². The highest BCUT2D eigenvalue weighted by Gasteiger charge is 2.33. The molecule has 1 saturated heterocycles. The topological polar surface area (TPSA) is 81.9 Å². The predicted octanol–water partition coefficient (Wildman–Crippen LogP) is 2.11. The fourth-order valence-electron chi connectivity index (χ4n) is 2.80. The van der Waals surface area contributed by atoms with Crippen LogP contribution in [0.15, 0.2) is 23.1 Å². The van der Waals surface area contributed by atoms with Crippen molar-refractivity contribution in [3.8, 4) is 5.75 Å². The molecule has 2 N–H and O–H groups in total. The second-order valence-electron chi connectivity index (χ2n) is 6.06. The van der Waals surface area contributed by atoms with Crippen molar-refractivity contribution in [1.29, 1.82) is 0 Å². The number of piperidine rings is 1. The number of hydrogen-bond donors (Lipinski definition) is 1. The average Bonchev–Trinajstić information content (AvgIpc) is 2.56. The fraction of sp³-hybridized carbons (Fsp3) is 0.625. The Bertz CT molecular complexity index is 651. The maximum Gasteiger partial charge on any atom is 0.246 e. The third-order valence-corrected chi connectivity index (χ3v) is 6.35. The van der Waals surface area contributed by atoms with E-state index in [9.17, 15) is 8.42 Å². The molecule has 24 heavy (non-hydrogen) atoms. The van der Waals surface area contributed by atoms with Gasteiger partial charge in [-0.3, -0.25) is 0 Å². The van der Waals surface area contributed by atoms with E-state index >= 15 is 0 Å². The van der Waals surface area contributed by atoms with Crippen molar-refractivity contribution in [1.82, 2.24) is 4.31 Å². The number of sulfonamides is 1. The van der Waals surface area contributed by atoms with Crippen LogP contribution in [0.3, 0.4) is 0 Å². The zero-order valence-corrected chi connectivity index (χ0v) is 15.6. The SMILES string of the molecule is COCCOc1ccc(Cl)cc1S(=O)(=O)N1CCC[C@H]([C@@H](C)N)C1. The van der Waals surface area contributed by atoms with Crippen LogP contribution in [-0.4, -0.2) is 52.2 Å². The van der Waals surface area contributed by atoms with E-state index in [1.54, 1.807) is 19.2 Å². The van der Waals surface area contributed by atoms with Gasteiger partial charge in [0.1, 0.15) is 17.3 Å². The lowest BCUT2D eigenvalue weighted by molar-refractivity contribution is 0.144. The van der Waals surface area contributed by atoms with Gasteiger partial charge in [-0.25, -0.2) is 8.42 Å². The number of methoxy groups -OCH3 is 1. The summed E-state index contributed by atoms with van der Waals surface area (Å²) in [5, 5.41) is 0.355. The Kier molecular flexibility index (Phi) is 6.88. The van der Waals surface area contributed by atoms with Gasteiger partial charge >= 0.3 is 0 Å². The maximum absolute atomic E-state index is 13.1. The summed E-state index contributed by atoms with van der Waals surface area (Å²) in [4.78, 5) is 0.0939. The minimum atomic E-state index is -3.69. The van der Waals surface area contributed by atoms with Crippen LogP contribution >= 0.6 is 11.6 Å². The van der Waals surface area contributed by atoms with E-state index in [-0.39, 0.29) is 23.5 Å². The van der Waals surface area contributed by atoms with E-state index < -0.39 is 10.0 Å². The molecule has 1 aliphatic heterocycles. The first-order chi connectivity index (χ1) is 11.4. The van der Waals surface area contributed by atoms with Crippen LogP contribution in [0.1, 0.15) is 19.8 Å². The lowest BCUT2D eigenvalue weighted by Gasteiger charge is -2.34. The molecule has 0 unspecified atom stereocenters. The van der Waals surface area contributed by atoms with Gasteiger partial charge in [-0.2, -0.15) is 4.31 Å². The van der Waals surface area contributed by atoms with Crippen LogP contribution < -0.4 is 10.5 Å².